The van der Waals surface area contributed by atoms with Gasteiger partial charge in [0.25, 0.3) is 5.91 Å². The molecule has 1 aliphatic rings. The van der Waals surface area contributed by atoms with Crippen molar-refractivity contribution in [2.75, 3.05) is 35.0 Å². The summed E-state index contributed by atoms with van der Waals surface area (Å²) >= 11 is 0. The monoisotopic (exact) mass is 667 g/mol. The molecular weight excluding hydrogens is 626 g/mol. The highest BCUT2D eigenvalue weighted by molar-refractivity contribution is 5.94. The van der Waals surface area contributed by atoms with Gasteiger partial charge >= 0.3 is 0 Å². The van der Waals surface area contributed by atoms with Crippen LogP contribution in [0.2, 0.25) is 0 Å². The van der Waals surface area contributed by atoms with Crippen molar-refractivity contribution in [3.05, 3.63) is 102 Å². The van der Waals surface area contributed by atoms with Gasteiger partial charge < -0.3 is 33.2 Å². The van der Waals surface area contributed by atoms with E-state index >= 15 is 0 Å². The third-order valence-corrected chi connectivity index (χ3v) is 8.20. The first-order chi connectivity index (χ1) is 23.8. The topological polar surface area (TPSA) is 105 Å². The summed E-state index contributed by atoms with van der Waals surface area (Å²) in [5.74, 6) is 6.10. The summed E-state index contributed by atoms with van der Waals surface area (Å²) in [6, 6.07) is 27.8. The van der Waals surface area contributed by atoms with Crippen LogP contribution in [0.15, 0.2) is 84.9 Å². The maximum atomic E-state index is 13.2. The van der Waals surface area contributed by atoms with Crippen LogP contribution in [0.1, 0.15) is 60.2 Å². The molecule has 0 radical (unpaired) electrons. The smallest absolute Gasteiger partial charge is 0.289 e. The Morgan fingerprint density at radius 1 is 0.857 bits per heavy atom. The summed E-state index contributed by atoms with van der Waals surface area (Å²) in [4.78, 5) is 13.2. The number of hydroxylamine groups is 2. The molecule has 2 unspecified atom stereocenters. The van der Waals surface area contributed by atoms with E-state index in [-0.39, 0.29) is 18.1 Å². The number of carbonyl (C=O) groups is 1. The molecular formula is C39H41NO9. The Bertz CT molecular complexity index is 1770. The van der Waals surface area contributed by atoms with Crippen molar-refractivity contribution in [2.24, 2.45) is 0 Å². The number of benzene rings is 4. The van der Waals surface area contributed by atoms with Gasteiger partial charge in [0.2, 0.25) is 5.75 Å². The van der Waals surface area contributed by atoms with Crippen LogP contribution in [0, 0.1) is 12.0 Å². The zero-order chi connectivity index (χ0) is 34.8. The summed E-state index contributed by atoms with van der Waals surface area (Å²) in [5.41, 5.74) is 0.962. The molecule has 1 fully saturated rings. The first-order valence-corrected chi connectivity index (χ1v) is 16.0. The fraction of sp³-hybridized carbons (Fsp3) is 0.308. The van der Waals surface area contributed by atoms with Crippen LogP contribution in [0.25, 0.3) is 0 Å². The molecule has 2 atom stereocenters. The minimum atomic E-state index is -0.915. The standard InChI is InChI=1S/C39H41NO9/c1-6-22-47-33-17-16-29(26-34(33)43-2)39(20-18-32(49-39)28-24-35(44-3)37(46-5)36(25-28)45-4)19-11-21-40(42)38(41)27-12-10-15-31(23-27)48-30-13-8-7-9-14-30/h7-10,12-17,23-26,32,42H,6,18-20,22H2,1-5H3. The lowest BCUT2D eigenvalue weighted by molar-refractivity contribution is -0.0445. The van der Waals surface area contributed by atoms with Crippen molar-refractivity contribution in [2.45, 2.75) is 44.3 Å². The number of methoxy groups -OCH3 is 4. The maximum Gasteiger partial charge on any atom is 0.289 e. The number of hydrogen-bond donors (Lipinski definition) is 1. The summed E-state index contributed by atoms with van der Waals surface area (Å²) < 4.78 is 41.0. The Labute approximate surface area is 287 Å². The normalized spacial score (nSPS) is 16.6. The lowest BCUT2D eigenvalue weighted by Crippen LogP contribution is -2.26. The van der Waals surface area contributed by atoms with Gasteiger partial charge in [-0.25, -0.2) is 0 Å². The second-order valence-electron chi connectivity index (χ2n) is 11.3. The third kappa shape index (κ3) is 8.03. The van der Waals surface area contributed by atoms with Crippen molar-refractivity contribution in [3.8, 4) is 52.2 Å². The Kier molecular flexibility index (Phi) is 11.5. The van der Waals surface area contributed by atoms with Crippen molar-refractivity contribution in [3.63, 3.8) is 0 Å². The number of nitrogens with zero attached hydrogens (tertiary/aromatic N) is 1. The fourth-order valence-electron chi connectivity index (χ4n) is 5.75. The second kappa shape index (κ2) is 16.2. The molecule has 1 N–H and O–H groups in total. The van der Waals surface area contributed by atoms with E-state index in [1.807, 2.05) is 67.6 Å². The molecule has 1 aliphatic heterocycles. The van der Waals surface area contributed by atoms with E-state index in [1.165, 1.54) is 0 Å². The van der Waals surface area contributed by atoms with Gasteiger partial charge in [-0.2, -0.15) is 0 Å². The lowest BCUT2D eigenvalue weighted by atomic mass is 9.87. The molecule has 0 saturated carbocycles. The summed E-state index contributed by atoms with van der Waals surface area (Å²) in [6.07, 6.45) is 1.89. The van der Waals surface area contributed by atoms with E-state index in [0.717, 1.165) is 17.5 Å². The Morgan fingerprint density at radius 2 is 1.57 bits per heavy atom. The number of hydrogen-bond acceptors (Lipinski definition) is 9. The molecule has 0 spiro atoms. The van der Waals surface area contributed by atoms with Crippen LogP contribution < -0.4 is 28.4 Å². The summed E-state index contributed by atoms with van der Waals surface area (Å²) in [7, 11) is 6.29. The van der Waals surface area contributed by atoms with E-state index in [1.54, 1.807) is 52.7 Å². The van der Waals surface area contributed by atoms with Crippen molar-refractivity contribution >= 4 is 5.91 Å². The number of carbonyl (C=O) groups excluding carboxylic acids is 1. The van der Waals surface area contributed by atoms with Gasteiger partial charge in [0.1, 0.15) is 17.1 Å². The average molecular weight is 668 g/mol. The SMILES string of the molecule is CCCOc1ccc(C2(CC#CN(O)C(=O)c3cccc(Oc4ccccc4)c3)CCC(c3cc(OC)c(OC)c(OC)c3)O2)cc1OC. The highest BCUT2D eigenvalue weighted by Gasteiger charge is 2.43. The van der Waals surface area contributed by atoms with Gasteiger partial charge in [-0.3, -0.25) is 10.0 Å². The predicted molar refractivity (Wildman–Crippen MR) is 183 cm³/mol. The molecule has 1 heterocycles. The predicted octanol–water partition coefficient (Wildman–Crippen LogP) is 7.93. The first-order valence-electron chi connectivity index (χ1n) is 16.0. The number of amides is 1. The molecule has 4 aromatic rings. The second-order valence-corrected chi connectivity index (χ2v) is 11.3. The Balaban J connectivity index is 1.42. The van der Waals surface area contributed by atoms with Crippen LogP contribution in [-0.2, 0) is 10.3 Å². The van der Waals surface area contributed by atoms with Crippen LogP contribution >= 0.6 is 0 Å². The van der Waals surface area contributed by atoms with E-state index in [0.29, 0.717) is 64.8 Å². The maximum absolute atomic E-state index is 13.2. The first kappa shape index (κ1) is 35.0. The lowest BCUT2D eigenvalue weighted by Gasteiger charge is -2.29. The third-order valence-electron chi connectivity index (χ3n) is 8.20. The Hall–Kier alpha value is -5.37. The highest BCUT2D eigenvalue weighted by Crippen LogP contribution is 2.51. The molecule has 0 aliphatic carbocycles. The van der Waals surface area contributed by atoms with Crippen LogP contribution in [0.3, 0.4) is 0 Å². The van der Waals surface area contributed by atoms with E-state index in [9.17, 15) is 10.0 Å². The molecule has 1 amide bonds. The van der Waals surface area contributed by atoms with Crippen molar-refractivity contribution in [1.29, 1.82) is 0 Å². The molecule has 1 saturated heterocycles. The van der Waals surface area contributed by atoms with E-state index < -0.39 is 11.5 Å². The Morgan fingerprint density at radius 3 is 2.24 bits per heavy atom. The van der Waals surface area contributed by atoms with Gasteiger partial charge in [0, 0.05) is 18.0 Å². The zero-order valence-corrected chi connectivity index (χ0v) is 28.4. The highest BCUT2D eigenvalue weighted by atomic mass is 16.5. The largest absolute Gasteiger partial charge is 0.493 e. The molecule has 0 bridgehead atoms. The molecule has 10 heteroatoms. The number of ether oxygens (including phenoxy) is 7. The summed E-state index contributed by atoms with van der Waals surface area (Å²) in [5, 5.41) is 11.1. The van der Waals surface area contributed by atoms with Crippen LogP contribution in [0.4, 0.5) is 0 Å². The molecule has 256 valence electrons. The van der Waals surface area contributed by atoms with Crippen LogP contribution in [0.5, 0.6) is 40.2 Å². The zero-order valence-electron chi connectivity index (χ0n) is 28.4. The summed E-state index contributed by atoms with van der Waals surface area (Å²) in [6.45, 7) is 2.59. The minimum absolute atomic E-state index is 0.160. The molecule has 0 aromatic heterocycles. The van der Waals surface area contributed by atoms with Gasteiger partial charge in [0.15, 0.2) is 23.0 Å². The van der Waals surface area contributed by atoms with Crippen LogP contribution in [-0.4, -0.2) is 51.2 Å². The van der Waals surface area contributed by atoms with Gasteiger partial charge in [-0.1, -0.05) is 43.2 Å². The fourth-order valence-corrected chi connectivity index (χ4v) is 5.75. The van der Waals surface area contributed by atoms with Crippen molar-refractivity contribution < 1.29 is 43.2 Å². The number of para-hydroxylation sites is 1. The van der Waals surface area contributed by atoms with Gasteiger partial charge in [-0.05, 0) is 85.0 Å². The van der Waals surface area contributed by atoms with Gasteiger partial charge in [-0.15, -0.1) is 5.06 Å². The molecule has 49 heavy (non-hydrogen) atoms. The molecule has 10 nitrogen and oxygen atoms in total. The van der Waals surface area contributed by atoms with Gasteiger partial charge in [0.05, 0.1) is 41.2 Å². The average Bonchev–Trinajstić information content (AvgIpc) is 3.58. The van der Waals surface area contributed by atoms with Crippen molar-refractivity contribution in [1.82, 2.24) is 5.06 Å². The van der Waals surface area contributed by atoms with E-state index in [4.69, 9.17) is 33.2 Å². The molecule has 5 rings (SSSR count). The molecule has 4 aromatic carbocycles. The number of rotatable bonds is 13. The van der Waals surface area contributed by atoms with E-state index in [2.05, 4.69) is 12.0 Å². The minimum Gasteiger partial charge on any atom is -0.493 e. The quantitative estimate of drug-likeness (QED) is 0.0659.